The minimum Gasteiger partial charge on any atom is -0.691 e. The van der Waals surface area contributed by atoms with Gasteiger partial charge in [-0.1, -0.05) is 55.7 Å². The Balaban J connectivity index is 0.0000152. The SMILES string of the molecule is COCCCCCCCOc1ccc(-c2nnc(-c3ccc(C(=O)N[C@H]4C[C@H](O)CNC(=O)[C@@H]5[C@@H](O)[C@H](C)CN5C(=O)[C@H]([C@H](O)CCNC(=O)CCCCN)NC(=O)[C@H]([C@H](O)Cc5ccc(O)c(OSOO[O-])c5)NC(=O)[C@@H]5C[C@H](O)CN5C(=O)[C@H]([C@H](C)O)NC4=O)cc3)s2)cc1.[Na+]. The van der Waals surface area contributed by atoms with E-state index in [9.17, 15) is 74.6 Å². The zero-order valence-corrected chi connectivity index (χ0v) is 58.5. The first kappa shape index (κ1) is 80.3. The molecule has 4 heterocycles. The number of hydrogen-bond acceptors (Lipinski definition) is 26. The molecule has 0 bridgehead atoms. The van der Waals surface area contributed by atoms with Gasteiger partial charge in [-0.2, -0.15) is 0 Å². The van der Waals surface area contributed by atoms with Crippen molar-refractivity contribution in [2.75, 3.05) is 53.0 Å². The normalized spacial score (nSPS) is 23.7. The van der Waals surface area contributed by atoms with Gasteiger partial charge in [-0.25, -0.2) is 0 Å². The van der Waals surface area contributed by atoms with Crippen molar-refractivity contribution in [1.82, 2.24) is 51.9 Å². The van der Waals surface area contributed by atoms with Gasteiger partial charge in [-0.05, 0) is 99.7 Å². The Morgan fingerprint density at radius 3 is 2.07 bits per heavy atom. The van der Waals surface area contributed by atoms with E-state index in [-0.39, 0.29) is 78.3 Å². The minimum absolute atomic E-state index is 0. The molecule has 32 nitrogen and oxygen atoms in total. The van der Waals surface area contributed by atoms with E-state index in [4.69, 9.17) is 19.4 Å². The molecule has 35 heteroatoms. The summed E-state index contributed by atoms with van der Waals surface area (Å²) < 4.78 is 20.3. The van der Waals surface area contributed by atoms with E-state index in [0.29, 0.717) is 47.3 Å². The third-order valence-corrected chi connectivity index (χ3v) is 18.1. The van der Waals surface area contributed by atoms with Crippen molar-refractivity contribution < 1.29 is 132 Å². The predicted octanol–water partition coefficient (Wildman–Crippen LogP) is -4.69. The Labute approximate surface area is 596 Å². The maximum atomic E-state index is 15.0. The van der Waals surface area contributed by atoms with Gasteiger partial charge in [0.2, 0.25) is 41.4 Å². The van der Waals surface area contributed by atoms with Gasteiger partial charge in [0.1, 0.15) is 52.0 Å². The number of nitrogens with zero attached hydrogens (tertiary/aromatic N) is 4. The van der Waals surface area contributed by atoms with Crippen LogP contribution in [0.3, 0.4) is 0 Å². The second kappa shape index (κ2) is 39.9. The fourth-order valence-electron chi connectivity index (χ4n) is 11.4. The van der Waals surface area contributed by atoms with Crippen LogP contribution in [0.2, 0.25) is 0 Å². The molecule has 0 radical (unpaired) electrons. The number of amides is 8. The first-order chi connectivity index (χ1) is 46.5. The molecule has 532 valence electrons. The van der Waals surface area contributed by atoms with Crippen LogP contribution in [-0.4, -0.2) is 229 Å². The van der Waals surface area contributed by atoms with Gasteiger partial charge < -0.3 is 102 Å². The molecule has 3 aromatic carbocycles. The Morgan fingerprint density at radius 1 is 0.765 bits per heavy atom. The molecule has 4 aromatic rings. The number of aliphatic hydroxyl groups is 6. The predicted molar refractivity (Wildman–Crippen MR) is 345 cm³/mol. The van der Waals surface area contributed by atoms with E-state index in [0.717, 1.165) is 73.1 Å². The zero-order chi connectivity index (χ0) is 70.3. The summed E-state index contributed by atoms with van der Waals surface area (Å²) >= 11 is 1.30. The quantitative estimate of drug-likeness (QED) is 0.00799. The number of aromatic nitrogens is 2. The van der Waals surface area contributed by atoms with E-state index in [2.05, 4.69) is 51.5 Å². The van der Waals surface area contributed by atoms with Crippen molar-refractivity contribution in [3.63, 3.8) is 0 Å². The number of β-amino-alcohol motifs (C(OH)–C–C–N with tert-alkyl or cyclic N) is 1. The smallest absolute Gasteiger partial charge is 0.691 e. The number of nitrogens with one attached hydrogen (secondary N) is 6. The van der Waals surface area contributed by atoms with Crippen LogP contribution in [0, 0.1) is 5.92 Å². The fraction of sp³-hybridized carbons (Fsp3) is 0.556. The number of aliphatic hydroxyl groups excluding tert-OH is 6. The second-order valence-corrected chi connectivity index (χ2v) is 25.5. The number of phenols is 1. The molecule has 0 unspecified atom stereocenters. The van der Waals surface area contributed by atoms with Crippen LogP contribution < -0.4 is 81.4 Å². The standard InChI is InChI=1S/C63H87N11O21S2.Na/c1-34-32-74-53(54(34)82)59(87)66-31-40(76)29-43(67-55(83)37-13-15-38(16-14-37)60-71-72-61(96-60)39-17-19-42(20-18-39)92-26-10-6-4-5-9-25-91-3)56(84)68-50(35(2)75)62(88)73-33-41(77)30-44(73)57(85)69-51(47(80)27-36-12-21-45(78)48(28-36)93-97-95-94-90)58(86)70-52(63(74)89)46(79)22-24-65-49(81)11-7-8-23-64;/h12-21,28,34-35,40-41,43-44,46-47,50-54,75-80,82,90H,4-11,22-27,29-33,64H2,1-3H3,(H,65,81)(H,66,87)(H,67,83)(H,68,84)(H,69,85)(H,70,86);/q;+1/p-1/t34-,35+,40+,41+,43+,44+,46-,47-,50+,51+,52+,53+,54+;/m1./s1. The number of fused-ring (bicyclic) bond motifs is 2. The van der Waals surface area contributed by atoms with Crippen molar-refractivity contribution in [2.45, 2.75) is 164 Å². The van der Waals surface area contributed by atoms with Crippen LogP contribution in [0.4, 0.5) is 0 Å². The maximum Gasteiger partial charge on any atom is 1.00 e. The average molecular weight is 1420 g/mol. The van der Waals surface area contributed by atoms with Gasteiger partial charge in [-0.15, -0.1) is 14.5 Å². The van der Waals surface area contributed by atoms with Crippen LogP contribution >= 0.6 is 23.7 Å². The number of unbranched alkanes of at least 4 members (excludes halogenated alkanes) is 5. The minimum atomic E-state index is -2.17. The van der Waals surface area contributed by atoms with Gasteiger partial charge >= 0.3 is 29.6 Å². The number of carbonyl (C=O) groups is 8. The molecule has 7 rings (SSSR count). The molecular formula is C63H86N11NaO21S2. The first-order valence-electron chi connectivity index (χ1n) is 32.0. The Morgan fingerprint density at radius 2 is 1.41 bits per heavy atom. The summed E-state index contributed by atoms with van der Waals surface area (Å²) in [4.78, 5) is 117. The number of nitrogens with two attached hydrogens (primary N) is 1. The molecule has 13 atom stereocenters. The molecule has 0 spiro atoms. The zero-order valence-electron chi connectivity index (χ0n) is 54.8. The van der Waals surface area contributed by atoms with E-state index < -0.39 is 171 Å². The van der Waals surface area contributed by atoms with E-state index in [1.165, 1.54) is 36.5 Å². The molecule has 1 aromatic heterocycles. The summed E-state index contributed by atoms with van der Waals surface area (Å²) in [6.07, 6.45) is -6.51. The third kappa shape index (κ3) is 22.9. The third-order valence-electron chi connectivity index (χ3n) is 16.7. The van der Waals surface area contributed by atoms with E-state index in [1.54, 1.807) is 19.2 Å². The number of phenolic OH excluding ortho intramolecular Hbond substituents is 1. The molecule has 3 fully saturated rings. The van der Waals surface area contributed by atoms with E-state index >= 15 is 4.79 Å². The van der Waals surface area contributed by atoms with Gasteiger partial charge in [0.25, 0.3) is 18.2 Å². The van der Waals surface area contributed by atoms with Gasteiger partial charge in [0.15, 0.2) is 11.5 Å². The molecule has 3 saturated heterocycles. The summed E-state index contributed by atoms with van der Waals surface area (Å²) in [5.41, 5.74) is 7.04. The summed E-state index contributed by atoms with van der Waals surface area (Å²) in [5, 5.41) is 118. The monoisotopic (exact) mass is 1420 g/mol. The second-order valence-electron chi connectivity index (χ2n) is 24.1. The van der Waals surface area contributed by atoms with Crippen LogP contribution in [0.15, 0.2) is 66.7 Å². The molecule has 3 aliphatic heterocycles. The van der Waals surface area contributed by atoms with Gasteiger partial charge in [-0.3, -0.25) is 43.4 Å². The maximum absolute atomic E-state index is 15.0. The Bertz CT molecular complexity index is 3270. The van der Waals surface area contributed by atoms with E-state index in [1.807, 2.05) is 24.3 Å². The number of rotatable bonds is 29. The summed E-state index contributed by atoms with van der Waals surface area (Å²) in [6, 6.07) is 5.57. The molecule has 98 heavy (non-hydrogen) atoms. The van der Waals surface area contributed by atoms with Crippen molar-refractivity contribution in [3.05, 3.63) is 77.9 Å². The van der Waals surface area contributed by atoms with Crippen LogP contribution in [0.25, 0.3) is 21.1 Å². The van der Waals surface area contributed by atoms with Crippen molar-refractivity contribution in [3.8, 4) is 38.4 Å². The number of ether oxygens (including phenoxy) is 2. The van der Waals surface area contributed by atoms with Crippen molar-refractivity contribution in [2.24, 2.45) is 11.7 Å². The molecule has 3 aliphatic rings. The number of carbonyl (C=O) groups excluding carboxylic acids is 8. The molecule has 15 N–H and O–H groups in total. The Kier molecular flexibility index (Phi) is 32.7. The van der Waals surface area contributed by atoms with Crippen molar-refractivity contribution in [1.29, 1.82) is 0 Å². The number of methoxy groups -OCH3 is 1. The Hall–Kier alpha value is -6.71. The fourth-order valence-corrected chi connectivity index (χ4v) is 12.5. The first-order valence-corrected chi connectivity index (χ1v) is 33.4. The number of aromatic hydroxyl groups is 1. The molecule has 0 saturated carbocycles. The number of benzene rings is 3. The molecule has 8 amide bonds. The number of hydrogen-bond donors (Lipinski definition) is 14. The average Bonchev–Trinajstić information content (AvgIpc) is 1.60. The summed E-state index contributed by atoms with van der Waals surface area (Å²) in [7, 11) is 1.69. The van der Waals surface area contributed by atoms with Gasteiger partial charge in [0, 0.05) is 88.2 Å². The topological polar surface area (TPSA) is 478 Å². The largest absolute Gasteiger partial charge is 1.00 e. The van der Waals surface area contributed by atoms with Gasteiger partial charge in [0.05, 0.1) is 43.2 Å². The van der Waals surface area contributed by atoms with Crippen LogP contribution in [0.5, 0.6) is 17.2 Å². The van der Waals surface area contributed by atoms with Crippen LogP contribution in [-0.2, 0) is 54.1 Å². The molecular weight excluding hydrogens is 1330 g/mol. The summed E-state index contributed by atoms with van der Waals surface area (Å²) in [6.45, 7) is 2.35. The van der Waals surface area contributed by atoms with Crippen LogP contribution in [0.1, 0.15) is 100 Å². The molecule has 0 aliphatic carbocycles. The van der Waals surface area contributed by atoms with Crippen molar-refractivity contribution >= 4 is 70.9 Å². The summed E-state index contributed by atoms with van der Waals surface area (Å²) in [5.74, 6) is -9.41.